The normalized spacial score (nSPS) is 30.4. The Morgan fingerprint density at radius 1 is 1.29 bits per heavy atom. The zero-order valence-corrected chi connectivity index (χ0v) is 11.6. The van der Waals surface area contributed by atoms with Crippen LogP contribution in [0.15, 0.2) is 18.2 Å². The zero-order chi connectivity index (χ0) is 15.1. The molecule has 3 rings (SSSR count). The lowest BCUT2D eigenvalue weighted by molar-refractivity contribution is -0.147. The van der Waals surface area contributed by atoms with Crippen molar-refractivity contribution in [3.8, 4) is 0 Å². The van der Waals surface area contributed by atoms with Crippen LogP contribution in [0.2, 0.25) is 5.02 Å². The molecule has 2 fully saturated rings. The van der Waals surface area contributed by atoms with E-state index < -0.39 is 35.6 Å². The lowest BCUT2D eigenvalue weighted by Crippen LogP contribution is -2.40. The minimum Gasteiger partial charge on any atom is -0.481 e. The number of carboxylic acids is 1. The Bertz CT molecular complexity index is 609. The van der Waals surface area contributed by atoms with E-state index in [0.29, 0.717) is 18.5 Å². The van der Waals surface area contributed by atoms with E-state index in [4.69, 9.17) is 16.3 Å². The molecule has 2 saturated heterocycles. The van der Waals surface area contributed by atoms with Gasteiger partial charge in [0.1, 0.15) is 5.82 Å². The summed E-state index contributed by atoms with van der Waals surface area (Å²) in [6.07, 6.45) is 0.567. The van der Waals surface area contributed by atoms with Crippen molar-refractivity contribution in [3.05, 3.63) is 29.0 Å². The van der Waals surface area contributed by atoms with Gasteiger partial charge < -0.3 is 15.2 Å². The highest BCUT2D eigenvalue weighted by molar-refractivity contribution is 6.31. The van der Waals surface area contributed by atoms with Crippen LogP contribution in [-0.4, -0.2) is 29.2 Å². The third kappa shape index (κ3) is 2.49. The summed E-state index contributed by atoms with van der Waals surface area (Å²) < 4.78 is 18.6. The van der Waals surface area contributed by atoms with E-state index >= 15 is 0 Å². The first-order valence-electron chi connectivity index (χ1n) is 6.61. The second-order valence-electron chi connectivity index (χ2n) is 5.30. The number of hydrogen-bond donors (Lipinski definition) is 2. The number of hydrogen-bond acceptors (Lipinski definition) is 3. The fraction of sp³-hybridized carbons (Fsp3) is 0.429. The molecule has 0 aliphatic carbocycles. The minimum atomic E-state index is -1.03. The zero-order valence-electron chi connectivity index (χ0n) is 10.9. The van der Waals surface area contributed by atoms with Gasteiger partial charge in [-0.15, -0.1) is 0 Å². The van der Waals surface area contributed by atoms with Crippen LogP contribution in [0, 0.1) is 17.7 Å². The van der Waals surface area contributed by atoms with Crippen molar-refractivity contribution in [1.29, 1.82) is 0 Å². The van der Waals surface area contributed by atoms with Crippen molar-refractivity contribution in [1.82, 2.24) is 0 Å². The molecule has 2 aliphatic rings. The van der Waals surface area contributed by atoms with Crippen molar-refractivity contribution in [3.63, 3.8) is 0 Å². The summed E-state index contributed by atoms with van der Waals surface area (Å²) in [6.45, 7) is 0. The topological polar surface area (TPSA) is 75.6 Å². The van der Waals surface area contributed by atoms with E-state index in [0.717, 1.165) is 6.07 Å². The quantitative estimate of drug-likeness (QED) is 0.898. The average Bonchev–Trinajstić information content (AvgIpc) is 3.03. The second-order valence-corrected chi connectivity index (χ2v) is 5.71. The first-order chi connectivity index (χ1) is 9.97. The van der Waals surface area contributed by atoms with Crippen molar-refractivity contribution in [2.75, 3.05) is 5.32 Å². The molecular formula is C14H13ClFNO4. The molecule has 7 heteroatoms. The van der Waals surface area contributed by atoms with Crippen molar-refractivity contribution < 1.29 is 23.8 Å². The predicted molar refractivity (Wildman–Crippen MR) is 72.6 cm³/mol. The first kappa shape index (κ1) is 14.3. The van der Waals surface area contributed by atoms with Gasteiger partial charge in [-0.2, -0.15) is 0 Å². The molecule has 2 aliphatic heterocycles. The number of benzene rings is 1. The van der Waals surface area contributed by atoms with Crippen LogP contribution in [0.5, 0.6) is 0 Å². The molecule has 2 heterocycles. The Kier molecular flexibility index (Phi) is 3.59. The molecule has 0 unspecified atom stereocenters. The van der Waals surface area contributed by atoms with E-state index in [-0.39, 0.29) is 11.1 Å². The number of nitrogens with one attached hydrogen (secondary N) is 1. The number of anilines is 1. The van der Waals surface area contributed by atoms with Gasteiger partial charge in [-0.05, 0) is 31.0 Å². The number of carbonyl (C=O) groups excluding carboxylic acids is 1. The van der Waals surface area contributed by atoms with Crippen molar-refractivity contribution >= 4 is 29.2 Å². The molecule has 0 spiro atoms. The largest absolute Gasteiger partial charge is 0.481 e. The molecule has 0 radical (unpaired) electrons. The maximum Gasteiger partial charge on any atom is 0.310 e. The summed E-state index contributed by atoms with van der Waals surface area (Å²) in [4.78, 5) is 23.7. The molecule has 0 aromatic heterocycles. The summed E-state index contributed by atoms with van der Waals surface area (Å²) in [5.74, 6) is -3.61. The molecule has 112 valence electrons. The summed E-state index contributed by atoms with van der Waals surface area (Å²) in [5, 5.41) is 11.8. The number of carboxylic acid groups (broad SMARTS) is 1. The number of fused-ring (bicyclic) bond motifs is 2. The molecule has 0 saturated carbocycles. The molecule has 21 heavy (non-hydrogen) atoms. The Morgan fingerprint density at radius 3 is 2.57 bits per heavy atom. The van der Waals surface area contributed by atoms with Crippen LogP contribution in [0.1, 0.15) is 12.8 Å². The number of ether oxygens (including phenoxy) is 1. The van der Waals surface area contributed by atoms with Crippen LogP contribution < -0.4 is 5.32 Å². The summed E-state index contributed by atoms with van der Waals surface area (Å²) in [6, 6.07) is 3.81. The van der Waals surface area contributed by atoms with Gasteiger partial charge in [-0.1, -0.05) is 11.6 Å². The standard InChI is InChI=1S/C14H13ClFNO4/c15-7-5-6(1-2-8(7)16)17-13(18)11-9-3-4-10(21-9)12(11)14(19)20/h1-2,5,9-12H,3-4H2,(H,17,18)(H,19,20)/t9-,10-,11-,12+/m1/s1. The Labute approximate surface area is 125 Å². The van der Waals surface area contributed by atoms with E-state index in [1.807, 2.05) is 0 Å². The lowest BCUT2D eigenvalue weighted by atomic mass is 9.78. The molecule has 1 aromatic rings. The van der Waals surface area contributed by atoms with Crippen LogP contribution in [0.25, 0.3) is 0 Å². The van der Waals surface area contributed by atoms with Gasteiger partial charge in [0.2, 0.25) is 5.91 Å². The Morgan fingerprint density at radius 2 is 1.95 bits per heavy atom. The Hall–Kier alpha value is -1.66. The molecule has 5 nitrogen and oxygen atoms in total. The number of carbonyl (C=O) groups is 2. The predicted octanol–water partition coefficient (Wildman–Crippen LogP) is 2.30. The second kappa shape index (κ2) is 5.27. The number of rotatable bonds is 3. The van der Waals surface area contributed by atoms with Crippen LogP contribution >= 0.6 is 11.6 Å². The average molecular weight is 314 g/mol. The van der Waals surface area contributed by atoms with Crippen LogP contribution in [0.3, 0.4) is 0 Å². The molecular weight excluding hydrogens is 301 g/mol. The molecule has 4 atom stereocenters. The van der Waals surface area contributed by atoms with Gasteiger partial charge in [0, 0.05) is 5.69 Å². The highest BCUT2D eigenvalue weighted by atomic mass is 35.5. The van der Waals surface area contributed by atoms with Gasteiger partial charge in [0.15, 0.2) is 0 Å². The van der Waals surface area contributed by atoms with Gasteiger partial charge in [0.25, 0.3) is 0 Å². The Balaban J connectivity index is 1.78. The fourth-order valence-corrected chi connectivity index (χ4v) is 3.30. The highest BCUT2D eigenvalue weighted by Crippen LogP contribution is 2.44. The van der Waals surface area contributed by atoms with Crippen LogP contribution in [0.4, 0.5) is 10.1 Å². The van der Waals surface area contributed by atoms with E-state index in [9.17, 15) is 19.1 Å². The van der Waals surface area contributed by atoms with Gasteiger partial charge >= 0.3 is 5.97 Å². The van der Waals surface area contributed by atoms with E-state index in [1.165, 1.54) is 12.1 Å². The third-order valence-electron chi connectivity index (χ3n) is 4.05. The summed E-state index contributed by atoms with van der Waals surface area (Å²) in [5.41, 5.74) is 0.332. The maximum absolute atomic E-state index is 13.1. The molecule has 1 amide bonds. The minimum absolute atomic E-state index is 0.105. The molecule has 2 bridgehead atoms. The fourth-order valence-electron chi connectivity index (χ4n) is 3.12. The lowest BCUT2D eigenvalue weighted by Gasteiger charge is -2.23. The van der Waals surface area contributed by atoms with Gasteiger partial charge in [0.05, 0.1) is 29.1 Å². The highest BCUT2D eigenvalue weighted by Gasteiger charge is 2.55. The van der Waals surface area contributed by atoms with Gasteiger partial charge in [-0.3, -0.25) is 9.59 Å². The monoisotopic (exact) mass is 313 g/mol. The first-order valence-corrected chi connectivity index (χ1v) is 6.99. The number of amides is 1. The van der Waals surface area contributed by atoms with Gasteiger partial charge in [-0.25, -0.2) is 4.39 Å². The number of aliphatic carboxylic acids is 1. The molecule has 1 aromatic carbocycles. The van der Waals surface area contributed by atoms with E-state index in [2.05, 4.69) is 5.32 Å². The SMILES string of the molecule is O=C(O)[C@@H]1[C@H](C(=O)Nc2ccc(F)c(Cl)c2)[C@H]2CC[C@H]1O2. The summed E-state index contributed by atoms with van der Waals surface area (Å²) in [7, 11) is 0. The van der Waals surface area contributed by atoms with Crippen molar-refractivity contribution in [2.24, 2.45) is 11.8 Å². The van der Waals surface area contributed by atoms with Crippen LogP contribution in [-0.2, 0) is 14.3 Å². The number of halogens is 2. The molecule has 2 N–H and O–H groups in total. The smallest absolute Gasteiger partial charge is 0.310 e. The summed E-state index contributed by atoms with van der Waals surface area (Å²) >= 11 is 5.65. The maximum atomic E-state index is 13.1. The third-order valence-corrected chi connectivity index (χ3v) is 4.34. The van der Waals surface area contributed by atoms with Crippen molar-refractivity contribution in [2.45, 2.75) is 25.0 Å². The van der Waals surface area contributed by atoms with E-state index in [1.54, 1.807) is 0 Å².